The Balaban J connectivity index is 1.88. The molecule has 3 heteroatoms. The van der Waals surface area contributed by atoms with Gasteiger partial charge in [-0.3, -0.25) is 5.10 Å². The molecule has 0 bridgehead atoms. The maximum Gasteiger partial charge on any atom is 0.118 e. The molecule has 0 radical (unpaired) electrons. The van der Waals surface area contributed by atoms with Crippen LogP contribution in [0.4, 0.5) is 0 Å². The van der Waals surface area contributed by atoms with Crippen LogP contribution in [0.1, 0.15) is 24.5 Å². The molecule has 1 aliphatic carbocycles. The summed E-state index contributed by atoms with van der Waals surface area (Å²) in [5.41, 5.74) is 3.42. The summed E-state index contributed by atoms with van der Waals surface area (Å²) in [6, 6.07) is 10.1. The third-order valence-corrected chi connectivity index (χ3v) is 3.00. The van der Waals surface area contributed by atoms with Crippen LogP contribution in [0, 0.1) is 0 Å². The topological polar surface area (TPSA) is 37.9 Å². The molecular formula is C13H14N2O. The maximum absolute atomic E-state index is 5.13. The van der Waals surface area contributed by atoms with Crippen molar-refractivity contribution in [2.24, 2.45) is 0 Å². The molecule has 1 aromatic heterocycles. The van der Waals surface area contributed by atoms with E-state index in [1.165, 1.54) is 18.5 Å². The Kier molecular flexibility index (Phi) is 2.17. The number of rotatable bonds is 3. The first-order valence-corrected chi connectivity index (χ1v) is 5.56. The van der Waals surface area contributed by atoms with Crippen LogP contribution in [0.2, 0.25) is 0 Å². The van der Waals surface area contributed by atoms with E-state index in [0.717, 1.165) is 22.9 Å². The molecular weight excluding hydrogens is 200 g/mol. The van der Waals surface area contributed by atoms with Crippen molar-refractivity contribution in [1.82, 2.24) is 10.2 Å². The lowest BCUT2D eigenvalue weighted by atomic mass is 10.1. The molecule has 3 rings (SSSR count). The molecule has 1 fully saturated rings. The summed E-state index contributed by atoms with van der Waals surface area (Å²) in [4.78, 5) is 0. The van der Waals surface area contributed by atoms with Crippen molar-refractivity contribution in [2.45, 2.75) is 18.8 Å². The summed E-state index contributed by atoms with van der Waals surface area (Å²) in [7, 11) is 1.68. The molecule has 0 atom stereocenters. The van der Waals surface area contributed by atoms with Crippen molar-refractivity contribution in [3.8, 4) is 17.0 Å². The van der Waals surface area contributed by atoms with Crippen molar-refractivity contribution in [1.29, 1.82) is 0 Å². The second-order valence-electron chi connectivity index (χ2n) is 4.21. The summed E-state index contributed by atoms with van der Waals surface area (Å²) in [5.74, 6) is 1.60. The van der Waals surface area contributed by atoms with Gasteiger partial charge in [0, 0.05) is 17.2 Å². The standard InChI is InChI=1S/C13H14N2O/c1-16-11-6-4-10(5-7-11)13-8-12(14-15-13)9-2-3-9/h4-9H,2-3H2,1H3,(H,14,15). The molecule has 0 saturated heterocycles. The van der Waals surface area contributed by atoms with Crippen LogP contribution in [0.25, 0.3) is 11.3 Å². The van der Waals surface area contributed by atoms with Gasteiger partial charge in [0.15, 0.2) is 0 Å². The largest absolute Gasteiger partial charge is 0.497 e. The van der Waals surface area contributed by atoms with E-state index in [2.05, 4.69) is 16.3 Å². The number of benzene rings is 1. The average Bonchev–Trinajstić information content (AvgIpc) is 3.08. The molecule has 1 heterocycles. The van der Waals surface area contributed by atoms with Gasteiger partial charge in [0.05, 0.1) is 12.8 Å². The van der Waals surface area contributed by atoms with Crippen molar-refractivity contribution >= 4 is 0 Å². The van der Waals surface area contributed by atoms with E-state index in [-0.39, 0.29) is 0 Å². The molecule has 1 aliphatic rings. The molecule has 3 nitrogen and oxygen atoms in total. The molecule has 0 unspecified atom stereocenters. The molecule has 0 amide bonds. The second-order valence-corrected chi connectivity index (χ2v) is 4.21. The lowest BCUT2D eigenvalue weighted by Crippen LogP contribution is -1.82. The minimum Gasteiger partial charge on any atom is -0.497 e. The maximum atomic E-state index is 5.13. The Hall–Kier alpha value is -1.77. The Labute approximate surface area is 94.5 Å². The van der Waals surface area contributed by atoms with Crippen LogP contribution in [0.5, 0.6) is 5.75 Å². The van der Waals surface area contributed by atoms with Gasteiger partial charge in [-0.1, -0.05) is 0 Å². The van der Waals surface area contributed by atoms with E-state index in [4.69, 9.17) is 4.74 Å². The predicted molar refractivity (Wildman–Crippen MR) is 62.6 cm³/mol. The van der Waals surface area contributed by atoms with Crippen LogP contribution < -0.4 is 4.74 Å². The fourth-order valence-electron chi connectivity index (χ4n) is 1.85. The third-order valence-electron chi connectivity index (χ3n) is 3.00. The van der Waals surface area contributed by atoms with E-state index >= 15 is 0 Å². The number of H-pyrrole nitrogens is 1. The van der Waals surface area contributed by atoms with Gasteiger partial charge in [0.1, 0.15) is 5.75 Å². The van der Waals surface area contributed by atoms with Gasteiger partial charge >= 0.3 is 0 Å². The second kappa shape index (κ2) is 3.67. The van der Waals surface area contributed by atoms with E-state index in [1.54, 1.807) is 7.11 Å². The molecule has 0 spiro atoms. The van der Waals surface area contributed by atoms with Gasteiger partial charge in [-0.15, -0.1) is 0 Å². The Bertz CT molecular complexity index is 483. The zero-order valence-corrected chi connectivity index (χ0v) is 9.23. The lowest BCUT2D eigenvalue weighted by molar-refractivity contribution is 0.415. The highest BCUT2D eigenvalue weighted by Gasteiger charge is 2.25. The molecule has 1 aromatic carbocycles. The Morgan fingerprint density at radius 3 is 2.62 bits per heavy atom. The predicted octanol–water partition coefficient (Wildman–Crippen LogP) is 2.96. The van der Waals surface area contributed by atoms with Crippen molar-refractivity contribution < 1.29 is 4.74 Å². The summed E-state index contributed by atoms with van der Waals surface area (Å²) in [6.45, 7) is 0. The van der Waals surface area contributed by atoms with Crippen LogP contribution in [0.15, 0.2) is 30.3 Å². The van der Waals surface area contributed by atoms with Crippen LogP contribution in [-0.4, -0.2) is 17.3 Å². The quantitative estimate of drug-likeness (QED) is 0.853. The van der Waals surface area contributed by atoms with Gasteiger partial charge < -0.3 is 4.74 Å². The van der Waals surface area contributed by atoms with Gasteiger partial charge in [-0.25, -0.2) is 0 Å². The summed E-state index contributed by atoms with van der Waals surface area (Å²) in [5, 5.41) is 7.45. The molecule has 82 valence electrons. The van der Waals surface area contributed by atoms with Crippen LogP contribution >= 0.6 is 0 Å². The first kappa shape index (κ1) is 9.46. The SMILES string of the molecule is COc1ccc(-c2cc(C3CC3)[nH]n2)cc1. The highest BCUT2D eigenvalue weighted by molar-refractivity contribution is 5.60. The molecule has 0 aliphatic heterocycles. The van der Waals surface area contributed by atoms with Gasteiger partial charge in [-0.05, 0) is 43.2 Å². The van der Waals surface area contributed by atoms with E-state index in [0.29, 0.717) is 0 Å². The monoisotopic (exact) mass is 214 g/mol. The number of hydrogen-bond acceptors (Lipinski definition) is 2. The Morgan fingerprint density at radius 1 is 1.25 bits per heavy atom. The molecule has 1 N–H and O–H groups in total. The van der Waals surface area contributed by atoms with Gasteiger partial charge in [0.2, 0.25) is 0 Å². The number of nitrogens with one attached hydrogen (secondary N) is 1. The van der Waals surface area contributed by atoms with Crippen LogP contribution in [-0.2, 0) is 0 Å². The average molecular weight is 214 g/mol. The van der Waals surface area contributed by atoms with Gasteiger partial charge in [0.25, 0.3) is 0 Å². The van der Waals surface area contributed by atoms with Crippen molar-refractivity contribution in [3.63, 3.8) is 0 Å². The Morgan fingerprint density at radius 2 is 2.00 bits per heavy atom. The number of aromatic amines is 1. The third kappa shape index (κ3) is 1.69. The summed E-state index contributed by atoms with van der Waals surface area (Å²) < 4.78 is 5.13. The molecule has 2 aromatic rings. The van der Waals surface area contributed by atoms with E-state index in [1.807, 2.05) is 24.3 Å². The minimum atomic E-state index is 0.722. The highest BCUT2D eigenvalue weighted by Crippen LogP contribution is 2.39. The molecule has 1 saturated carbocycles. The smallest absolute Gasteiger partial charge is 0.118 e. The lowest BCUT2D eigenvalue weighted by Gasteiger charge is -1.99. The zero-order valence-electron chi connectivity index (χ0n) is 9.23. The number of nitrogens with zero attached hydrogens (tertiary/aromatic N) is 1. The summed E-state index contributed by atoms with van der Waals surface area (Å²) in [6.07, 6.45) is 2.59. The fourth-order valence-corrected chi connectivity index (χ4v) is 1.85. The number of hydrogen-bond donors (Lipinski definition) is 1. The van der Waals surface area contributed by atoms with E-state index in [9.17, 15) is 0 Å². The zero-order chi connectivity index (χ0) is 11.0. The fraction of sp³-hybridized carbons (Fsp3) is 0.308. The van der Waals surface area contributed by atoms with E-state index < -0.39 is 0 Å². The summed E-state index contributed by atoms with van der Waals surface area (Å²) >= 11 is 0. The number of ether oxygens (including phenoxy) is 1. The van der Waals surface area contributed by atoms with Crippen LogP contribution in [0.3, 0.4) is 0 Å². The first-order valence-electron chi connectivity index (χ1n) is 5.56. The minimum absolute atomic E-state index is 0.722. The normalized spacial score (nSPS) is 15.1. The number of methoxy groups -OCH3 is 1. The number of aromatic nitrogens is 2. The highest BCUT2D eigenvalue weighted by atomic mass is 16.5. The van der Waals surface area contributed by atoms with Crippen molar-refractivity contribution in [2.75, 3.05) is 7.11 Å². The van der Waals surface area contributed by atoms with Gasteiger partial charge in [-0.2, -0.15) is 5.10 Å². The molecule has 16 heavy (non-hydrogen) atoms. The van der Waals surface area contributed by atoms with Crippen molar-refractivity contribution in [3.05, 3.63) is 36.0 Å². The first-order chi connectivity index (χ1) is 7.86.